The van der Waals surface area contributed by atoms with E-state index in [0.717, 1.165) is 70.6 Å². The summed E-state index contributed by atoms with van der Waals surface area (Å²) in [6.07, 6.45) is 30.0. The second-order valence-corrected chi connectivity index (χ2v) is 12.9. The highest BCUT2D eigenvalue weighted by atomic mass is 31.2. The summed E-state index contributed by atoms with van der Waals surface area (Å²) in [6, 6.07) is 0. The van der Waals surface area contributed by atoms with E-state index in [2.05, 4.69) is 43.5 Å². The maximum absolute atomic E-state index is 11.9. The highest BCUT2D eigenvalue weighted by Gasteiger charge is 2.23. The average molecular weight is 646 g/mol. The SMILES string of the molecule is CCCCCC/C=C\C/C=C\CCCCCCCCCC(=O)OCC(O)COP(=O)(O)OCCNC(=O)CCCCCCC. The Morgan fingerprint density at radius 3 is 1.84 bits per heavy atom. The molecule has 1 amide bonds. The van der Waals surface area contributed by atoms with Gasteiger partial charge >= 0.3 is 13.8 Å². The maximum Gasteiger partial charge on any atom is 0.472 e. The van der Waals surface area contributed by atoms with Gasteiger partial charge in [0.1, 0.15) is 12.7 Å². The summed E-state index contributed by atoms with van der Waals surface area (Å²) in [5, 5.41) is 12.5. The van der Waals surface area contributed by atoms with Crippen LogP contribution in [0.3, 0.4) is 0 Å². The number of amides is 1. The number of phosphoric ester groups is 1. The number of allylic oxidation sites excluding steroid dienone is 4. The van der Waals surface area contributed by atoms with Crippen molar-refractivity contribution in [1.29, 1.82) is 0 Å². The van der Waals surface area contributed by atoms with Gasteiger partial charge in [-0.2, -0.15) is 0 Å². The number of aliphatic hydroxyl groups is 1. The minimum atomic E-state index is -4.39. The topological polar surface area (TPSA) is 131 Å². The van der Waals surface area contributed by atoms with Gasteiger partial charge in [-0.15, -0.1) is 0 Å². The second-order valence-electron chi connectivity index (χ2n) is 11.5. The predicted molar refractivity (Wildman–Crippen MR) is 178 cm³/mol. The molecule has 0 rings (SSSR count). The van der Waals surface area contributed by atoms with Gasteiger partial charge in [0.2, 0.25) is 5.91 Å². The van der Waals surface area contributed by atoms with E-state index in [4.69, 9.17) is 13.8 Å². The molecule has 0 aliphatic carbocycles. The number of nitrogens with one attached hydrogen (secondary N) is 1. The molecule has 44 heavy (non-hydrogen) atoms. The fourth-order valence-corrected chi connectivity index (χ4v) is 5.22. The largest absolute Gasteiger partial charge is 0.472 e. The molecule has 3 N–H and O–H groups in total. The maximum atomic E-state index is 11.9. The van der Waals surface area contributed by atoms with Gasteiger partial charge in [-0.05, 0) is 44.9 Å². The van der Waals surface area contributed by atoms with Crippen LogP contribution in [-0.2, 0) is 27.9 Å². The van der Waals surface area contributed by atoms with Crippen LogP contribution in [-0.4, -0.2) is 54.3 Å². The smallest absolute Gasteiger partial charge is 0.463 e. The fraction of sp³-hybridized carbons (Fsp3) is 0.824. The van der Waals surface area contributed by atoms with Crippen LogP contribution < -0.4 is 5.32 Å². The Morgan fingerprint density at radius 1 is 0.705 bits per heavy atom. The number of unbranched alkanes of at least 4 members (excludes halogenated alkanes) is 15. The van der Waals surface area contributed by atoms with E-state index in [0.29, 0.717) is 6.42 Å². The zero-order chi connectivity index (χ0) is 32.6. The molecule has 2 atom stereocenters. The first-order valence-electron chi connectivity index (χ1n) is 17.3. The fourth-order valence-electron chi connectivity index (χ4n) is 4.47. The van der Waals surface area contributed by atoms with Gasteiger partial charge in [-0.25, -0.2) is 4.57 Å². The van der Waals surface area contributed by atoms with Gasteiger partial charge in [0, 0.05) is 19.4 Å². The van der Waals surface area contributed by atoms with Crippen LogP contribution in [0.1, 0.15) is 149 Å². The molecule has 0 spiro atoms. The molecule has 2 unspecified atom stereocenters. The van der Waals surface area contributed by atoms with Gasteiger partial charge < -0.3 is 20.1 Å². The molecule has 0 fully saturated rings. The van der Waals surface area contributed by atoms with Crippen molar-refractivity contribution in [2.75, 3.05) is 26.4 Å². The quantitative estimate of drug-likeness (QED) is 0.0287. The molecular weight excluding hydrogens is 581 g/mol. The highest BCUT2D eigenvalue weighted by molar-refractivity contribution is 7.47. The molecule has 0 aliphatic heterocycles. The Balaban J connectivity index is 3.62. The number of ether oxygens (including phenoxy) is 1. The lowest BCUT2D eigenvalue weighted by molar-refractivity contribution is -0.147. The second kappa shape index (κ2) is 31.5. The Labute approximate surface area is 268 Å². The number of carbonyl (C=O) groups excluding carboxylic acids is 2. The number of aliphatic hydroxyl groups excluding tert-OH is 1. The molecule has 0 saturated carbocycles. The van der Waals surface area contributed by atoms with E-state index >= 15 is 0 Å². The third-order valence-corrected chi connectivity index (χ3v) is 8.12. The Kier molecular flexibility index (Phi) is 30.4. The van der Waals surface area contributed by atoms with Crippen LogP contribution in [0.15, 0.2) is 24.3 Å². The van der Waals surface area contributed by atoms with E-state index in [-0.39, 0.29) is 32.1 Å². The normalized spacial score (nSPS) is 13.8. The summed E-state index contributed by atoms with van der Waals surface area (Å²) in [5.74, 6) is -0.538. The minimum Gasteiger partial charge on any atom is -0.463 e. The van der Waals surface area contributed by atoms with Crippen LogP contribution in [0.4, 0.5) is 0 Å². The van der Waals surface area contributed by atoms with Gasteiger partial charge in [-0.1, -0.05) is 115 Å². The van der Waals surface area contributed by atoms with Crippen molar-refractivity contribution in [3.8, 4) is 0 Å². The van der Waals surface area contributed by atoms with E-state index in [1.54, 1.807) is 0 Å². The number of carbonyl (C=O) groups is 2. The van der Waals surface area contributed by atoms with Crippen molar-refractivity contribution in [3.63, 3.8) is 0 Å². The van der Waals surface area contributed by atoms with Crippen molar-refractivity contribution >= 4 is 19.7 Å². The molecule has 0 radical (unpaired) electrons. The molecule has 0 aliphatic rings. The Morgan fingerprint density at radius 2 is 1.23 bits per heavy atom. The Hall–Kier alpha value is -1.51. The minimum absolute atomic E-state index is 0.0804. The van der Waals surface area contributed by atoms with Crippen LogP contribution >= 0.6 is 7.82 Å². The highest BCUT2D eigenvalue weighted by Crippen LogP contribution is 2.42. The molecule has 0 aromatic heterocycles. The number of phosphoric acid groups is 1. The van der Waals surface area contributed by atoms with E-state index in [9.17, 15) is 24.2 Å². The number of esters is 1. The van der Waals surface area contributed by atoms with Crippen LogP contribution in [0, 0.1) is 0 Å². The molecule has 0 aromatic rings. The third-order valence-electron chi connectivity index (χ3n) is 7.13. The number of hydrogen-bond donors (Lipinski definition) is 3. The number of rotatable bonds is 32. The standard InChI is InChI=1S/C34H64NO8P/c1-3-5-7-9-10-11-12-13-14-15-16-17-18-19-20-21-23-25-27-34(38)41-30-32(36)31-43-44(39,40)42-29-28-35-33(37)26-24-22-8-6-4-2/h11-12,14-15,32,36H,3-10,13,16-31H2,1-2H3,(H,35,37)(H,39,40)/b12-11-,15-14-. The first-order valence-corrected chi connectivity index (χ1v) is 18.8. The van der Waals surface area contributed by atoms with Crippen molar-refractivity contribution < 1.29 is 37.9 Å². The summed E-state index contributed by atoms with van der Waals surface area (Å²) in [7, 11) is -4.39. The summed E-state index contributed by atoms with van der Waals surface area (Å²) < 4.78 is 26.6. The molecule has 0 bridgehead atoms. The lowest BCUT2D eigenvalue weighted by atomic mass is 10.1. The third kappa shape index (κ3) is 31.9. The molecule has 0 heterocycles. The lowest BCUT2D eigenvalue weighted by Gasteiger charge is -2.15. The first-order chi connectivity index (χ1) is 21.3. The summed E-state index contributed by atoms with van der Waals surface area (Å²) >= 11 is 0. The van der Waals surface area contributed by atoms with Gasteiger partial charge in [-0.3, -0.25) is 18.6 Å². The number of hydrogen-bond acceptors (Lipinski definition) is 7. The van der Waals surface area contributed by atoms with E-state index in [1.807, 2.05) is 0 Å². The van der Waals surface area contributed by atoms with Gasteiger partial charge in [0.15, 0.2) is 0 Å². The zero-order valence-electron chi connectivity index (χ0n) is 27.9. The van der Waals surface area contributed by atoms with Crippen LogP contribution in [0.5, 0.6) is 0 Å². The lowest BCUT2D eigenvalue weighted by Crippen LogP contribution is -2.27. The molecule has 258 valence electrons. The average Bonchev–Trinajstić information content (AvgIpc) is 3.00. The summed E-state index contributed by atoms with van der Waals surface area (Å²) in [4.78, 5) is 33.4. The monoisotopic (exact) mass is 645 g/mol. The Bertz CT molecular complexity index is 789. The van der Waals surface area contributed by atoms with Crippen molar-refractivity contribution in [2.45, 2.75) is 155 Å². The van der Waals surface area contributed by atoms with E-state index < -0.39 is 26.5 Å². The molecule has 9 nitrogen and oxygen atoms in total. The first kappa shape index (κ1) is 42.5. The van der Waals surface area contributed by atoms with Gasteiger partial charge in [0.25, 0.3) is 0 Å². The van der Waals surface area contributed by atoms with Crippen molar-refractivity contribution in [2.24, 2.45) is 0 Å². The van der Waals surface area contributed by atoms with Crippen molar-refractivity contribution in [3.05, 3.63) is 24.3 Å². The zero-order valence-corrected chi connectivity index (χ0v) is 28.7. The molecular formula is C34H64NO8P. The summed E-state index contributed by atoms with van der Waals surface area (Å²) in [6.45, 7) is 3.41. The predicted octanol–water partition coefficient (Wildman–Crippen LogP) is 8.48. The molecule has 0 aromatic carbocycles. The van der Waals surface area contributed by atoms with Crippen LogP contribution in [0.25, 0.3) is 0 Å². The molecule has 0 saturated heterocycles. The summed E-state index contributed by atoms with van der Waals surface area (Å²) in [5.41, 5.74) is 0. The molecule has 10 heteroatoms. The van der Waals surface area contributed by atoms with Crippen LogP contribution in [0.2, 0.25) is 0 Å². The van der Waals surface area contributed by atoms with E-state index in [1.165, 1.54) is 51.4 Å². The van der Waals surface area contributed by atoms with Gasteiger partial charge in [0.05, 0.1) is 13.2 Å². The van der Waals surface area contributed by atoms with Crippen molar-refractivity contribution in [1.82, 2.24) is 5.32 Å².